The fourth-order valence-corrected chi connectivity index (χ4v) is 3.75. The highest BCUT2D eigenvalue weighted by Crippen LogP contribution is 2.26. The minimum atomic E-state index is -3.77. The van der Waals surface area contributed by atoms with Gasteiger partial charge in [-0.15, -0.1) is 4.40 Å². The second-order valence-corrected chi connectivity index (χ2v) is 7.74. The van der Waals surface area contributed by atoms with Gasteiger partial charge in [0, 0.05) is 11.3 Å². The molecule has 7 nitrogen and oxygen atoms in total. The zero-order chi connectivity index (χ0) is 16.0. The van der Waals surface area contributed by atoms with Crippen molar-refractivity contribution in [2.75, 3.05) is 5.32 Å². The molecule has 3 N–H and O–H groups in total. The van der Waals surface area contributed by atoms with Crippen LogP contribution in [-0.2, 0) is 20.0 Å². The molecular weight excluding hydrogens is 326 g/mol. The van der Waals surface area contributed by atoms with Crippen LogP contribution in [0.15, 0.2) is 62.7 Å². The van der Waals surface area contributed by atoms with E-state index in [1.807, 2.05) is 0 Å². The largest absolute Gasteiger partial charge is 0.339 e. The Hall–Kier alpha value is -2.23. The molecule has 114 valence electrons. The Balaban J connectivity index is 1.95. The summed E-state index contributed by atoms with van der Waals surface area (Å²) in [6.07, 6.45) is 0. The van der Waals surface area contributed by atoms with Crippen LogP contribution in [0.3, 0.4) is 0 Å². The summed E-state index contributed by atoms with van der Waals surface area (Å²) in [7, 11) is -7.46. The van der Waals surface area contributed by atoms with Crippen LogP contribution in [0.25, 0.3) is 0 Å². The molecule has 1 aliphatic heterocycles. The molecule has 0 atom stereocenters. The van der Waals surface area contributed by atoms with E-state index in [1.165, 1.54) is 30.3 Å². The van der Waals surface area contributed by atoms with Gasteiger partial charge in [0.2, 0.25) is 10.0 Å². The van der Waals surface area contributed by atoms with Crippen molar-refractivity contribution >= 4 is 31.6 Å². The summed E-state index contributed by atoms with van der Waals surface area (Å²) in [5, 5.41) is 7.88. The molecule has 0 saturated carbocycles. The standard InChI is InChI=1S/C13H11N3O4S2/c14-21(17,18)10-7-5-9(6-8-10)15-13-11-3-1-2-4-12(11)22(19,20)16-13/h1-8H,(H,15,16)(H2,14,17,18). The van der Waals surface area contributed by atoms with Crippen molar-refractivity contribution in [2.24, 2.45) is 9.54 Å². The Labute approximate surface area is 127 Å². The molecule has 0 radical (unpaired) electrons. The van der Waals surface area contributed by atoms with Gasteiger partial charge in [-0.1, -0.05) is 12.1 Å². The molecule has 1 heterocycles. The summed E-state index contributed by atoms with van der Waals surface area (Å²) in [5.41, 5.74) is 0.969. The topological polar surface area (TPSA) is 119 Å². The number of benzene rings is 2. The van der Waals surface area contributed by atoms with Crippen LogP contribution < -0.4 is 10.5 Å². The molecule has 0 amide bonds. The van der Waals surface area contributed by atoms with Crippen LogP contribution in [-0.4, -0.2) is 22.7 Å². The lowest BCUT2D eigenvalue weighted by molar-refractivity contribution is 0.596. The van der Waals surface area contributed by atoms with Crippen molar-refractivity contribution in [3.63, 3.8) is 0 Å². The molecule has 0 bridgehead atoms. The van der Waals surface area contributed by atoms with Gasteiger partial charge >= 0.3 is 0 Å². The average Bonchev–Trinajstić information content (AvgIpc) is 2.70. The molecule has 0 unspecified atom stereocenters. The molecular formula is C13H11N3O4S2. The van der Waals surface area contributed by atoms with Crippen LogP contribution in [0.5, 0.6) is 0 Å². The van der Waals surface area contributed by atoms with E-state index in [0.29, 0.717) is 11.3 Å². The number of fused-ring (bicyclic) bond motifs is 1. The van der Waals surface area contributed by atoms with E-state index in [1.54, 1.807) is 18.2 Å². The van der Waals surface area contributed by atoms with Crippen LogP contribution in [0.4, 0.5) is 5.69 Å². The predicted molar refractivity (Wildman–Crippen MR) is 81.6 cm³/mol. The maximum atomic E-state index is 11.9. The number of primary sulfonamides is 1. The van der Waals surface area contributed by atoms with E-state index >= 15 is 0 Å². The maximum Gasteiger partial charge on any atom is 0.285 e. The summed E-state index contributed by atoms with van der Waals surface area (Å²) in [6, 6.07) is 12.1. The van der Waals surface area contributed by atoms with Gasteiger partial charge in [-0.25, -0.2) is 13.6 Å². The first-order valence-electron chi connectivity index (χ1n) is 6.12. The normalized spacial score (nSPS) is 16.0. The zero-order valence-corrected chi connectivity index (χ0v) is 12.7. The molecule has 0 saturated heterocycles. The lowest BCUT2D eigenvalue weighted by Gasteiger charge is -2.07. The Bertz CT molecular complexity index is 978. The third kappa shape index (κ3) is 2.61. The quantitative estimate of drug-likeness (QED) is 0.844. The number of nitrogens with zero attached hydrogens (tertiary/aromatic N) is 1. The zero-order valence-electron chi connectivity index (χ0n) is 11.1. The second-order valence-electron chi connectivity index (χ2n) is 4.61. The Morgan fingerprint density at radius 3 is 2.27 bits per heavy atom. The van der Waals surface area contributed by atoms with E-state index in [0.717, 1.165) is 0 Å². The molecule has 9 heteroatoms. The third-order valence-corrected chi connectivity index (χ3v) is 5.34. The summed E-state index contributed by atoms with van der Waals surface area (Å²) in [6.45, 7) is 0. The first-order chi connectivity index (χ1) is 10.3. The summed E-state index contributed by atoms with van der Waals surface area (Å²) in [4.78, 5) is 0.109. The smallest absolute Gasteiger partial charge is 0.285 e. The van der Waals surface area contributed by atoms with Crippen LogP contribution in [0.1, 0.15) is 5.56 Å². The van der Waals surface area contributed by atoms with Gasteiger partial charge in [0.15, 0.2) is 5.84 Å². The van der Waals surface area contributed by atoms with Crippen molar-refractivity contribution in [3.05, 3.63) is 54.1 Å². The molecule has 0 fully saturated rings. The SMILES string of the molecule is NS(=O)(=O)c1ccc(NC2=NS(=O)(=O)c3ccccc32)cc1. The van der Waals surface area contributed by atoms with Gasteiger partial charge in [-0.3, -0.25) is 0 Å². The summed E-state index contributed by atoms with van der Waals surface area (Å²) in [5.74, 6) is 0.193. The number of nitrogens with one attached hydrogen (secondary N) is 1. The predicted octanol–water partition coefficient (Wildman–Crippen LogP) is 0.895. The number of amidine groups is 1. The minimum absolute atomic E-state index is 0.0283. The summed E-state index contributed by atoms with van der Waals surface area (Å²) < 4.78 is 49.9. The van der Waals surface area contributed by atoms with Crippen LogP contribution in [0, 0.1) is 0 Å². The molecule has 0 aliphatic carbocycles. The fraction of sp³-hybridized carbons (Fsp3) is 0. The van der Waals surface area contributed by atoms with Gasteiger partial charge in [-0.2, -0.15) is 8.42 Å². The molecule has 2 aromatic carbocycles. The maximum absolute atomic E-state index is 11.9. The minimum Gasteiger partial charge on any atom is -0.339 e. The van der Waals surface area contributed by atoms with Crippen molar-refractivity contribution in [1.82, 2.24) is 0 Å². The van der Waals surface area contributed by atoms with E-state index in [9.17, 15) is 16.8 Å². The van der Waals surface area contributed by atoms with E-state index in [4.69, 9.17) is 5.14 Å². The van der Waals surface area contributed by atoms with Crippen molar-refractivity contribution < 1.29 is 16.8 Å². The number of rotatable bonds is 2. The van der Waals surface area contributed by atoms with Gasteiger partial charge in [0.25, 0.3) is 10.0 Å². The lowest BCUT2D eigenvalue weighted by atomic mass is 10.2. The van der Waals surface area contributed by atoms with Gasteiger partial charge < -0.3 is 5.32 Å². The molecule has 3 rings (SSSR count). The van der Waals surface area contributed by atoms with Gasteiger partial charge in [0.1, 0.15) is 4.90 Å². The monoisotopic (exact) mass is 337 g/mol. The van der Waals surface area contributed by atoms with Crippen molar-refractivity contribution in [2.45, 2.75) is 9.79 Å². The highest BCUT2D eigenvalue weighted by molar-refractivity contribution is 7.90. The number of nitrogens with two attached hydrogens (primary N) is 1. The highest BCUT2D eigenvalue weighted by atomic mass is 32.2. The van der Waals surface area contributed by atoms with E-state index < -0.39 is 20.0 Å². The highest BCUT2D eigenvalue weighted by Gasteiger charge is 2.28. The van der Waals surface area contributed by atoms with E-state index in [2.05, 4.69) is 9.71 Å². The lowest BCUT2D eigenvalue weighted by Crippen LogP contribution is -2.13. The number of hydrogen-bond donors (Lipinski definition) is 2. The Morgan fingerprint density at radius 2 is 1.64 bits per heavy atom. The molecule has 0 aromatic heterocycles. The van der Waals surface area contributed by atoms with Crippen molar-refractivity contribution in [3.8, 4) is 0 Å². The number of anilines is 1. The van der Waals surface area contributed by atoms with Gasteiger partial charge in [-0.05, 0) is 36.4 Å². The van der Waals surface area contributed by atoms with Gasteiger partial charge in [0.05, 0.1) is 4.90 Å². The number of hydrogen-bond acceptors (Lipinski definition) is 5. The van der Waals surface area contributed by atoms with E-state index in [-0.39, 0.29) is 15.6 Å². The molecule has 1 aliphatic rings. The molecule has 22 heavy (non-hydrogen) atoms. The molecule has 0 spiro atoms. The van der Waals surface area contributed by atoms with Crippen LogP contribution >= 0.6 is 0 Å². The first-order valence-corrected chi connectivity index (χ1v) is 9.10. The van der Waals surface area contributed by atoms with Crippen LogP contribution in [0.2, 0.25) is 0 Å². The Morgan fingerprint density at radius 1 is 1.00 bits per heavy atom. The second kappa shape index (κ2) is 4.90. The first kappa shape index (κ1) is 14.7. The third-order valence-electron chi connectivity index (χ3n) is 3.08. The average molecular weight is 337 g/mol. The molecule has 2 aromatic rings. The van der Waals surface area contributed by atoms with Crippen molar-refractivity contribution in [1.29, 1.82) is 0 Å². The summed E-state index contributed by atoms with van der Waals surface area (Å²) >= 11 is 0. The Kier molecular flexibility index (Phi) is 3.28. The fourth-order valence-electron chi connectivity index (χ4n) is 2.06. The number of sulfonamides is 2.